The minimum absolute atomic E-state index is 0.0793. The summed E-state index contributed by atoms with van der Waals surface area (Å²) >= 11 is 0. The number of hydrogen-bond donors (Lipinski definition) is 1. The minimum atomic E-state index is -4.83. The van der Waals surface area contributed by atoms with Crippen LogP contribution in [-0.4, -0.2) is 0 Å². The van der Waals surface area contributed by atoms with E-state index in [1.807, 2.05) is 0 Å². The third-order valence-corrected chi connectivity index (χ3v) is 3.87. The van der Waals surface area contributed by atoms with Gasteiger partial charge in [0.25, 0.3) is 11.6 Å². The molecular formula is C18H13F6N2O+. The van der Waals surface area contributed by atoms with Gasteiger partial charge in [0.05, 0.1) is 11.1 Å². The van der Waals surface area contributed by atoms with Crippen molar-refractivity contribution in [1.82, 2.24) is 0 Å². The van der Waals surface area contributed by atoms with Crippen molar-refractivity contribution in [2.75, 3.05) is 5.73 Å². The molecule has 0 bridgehead atoms. The number of nitrogens with two attached hydrogens (primary N) is 1. The van der Waals surface area contributed by atoms with Crippen molar-refractivity contribution in [2.24, 2.45) is 0 Å². The zero-order valence-corrected chi connectivity index (χ0v) is 13.6. The molecular weight excluding hydrogens is 374 g/mol. The number of halogens is 6. The van der Waals surface area contributed by atoms with Gasteiger partial charge in [-0.3, -0.25) is 0 Å². The summed E-state index contributed by atoms with van der Waals surface area (Å²) < 4.78 is 83.8. The predicted molar refractivity (Wildman–Crippen MR) is 84.3 cm³/mol. The Labute approximate surface area is 149 Å². The molecule has 0 amide bonds. The lowest BCUT2D eigenvalue weighted by molar-refractivity contribution is -0.701. The summed E-state index contributed by atoms with van der Waals surface area (Å²) in [5.41, 5.74) is 5.20. The average Bonchev–Trinajstić information content (AvgIpc) is 2.91. The number of nitrogens with zero attached hydrogens (tertiary/aromatic N) is 1. The summed E-state index contributed by atoms with van der Waals surface area (Å²) in [5, 5.41) is 0. The largest absolute Gasteiger partial charge is 0.517 e. The van der Waals surface area contributed by atoms with E-state index < -0.39 is 29.7 Å². The molecule has 0 aliphatic heterocycles. The lowest BCUT2D eigenvalue weighted by Crippen LogP contribution is -2.42. The topological polar surface area (TPSA) is 43.0 Å². The number of aromatic nitrogens is 1. The van der Waals surface area contributed by atoms with E-state index in [1.165, 1.54) is 0 Å². The Bertz CT molecular complexity index is 927. The van der Waals surface area contributed by atoms with Crippen molar-refractivity contribution < 1.29 is 35.3 Å². The maximum atomic E-state index is 13.4. The number of oxazole rings is 1. The van der Waals surface area contributed by atoms with Gasteiger partial charge in [0, 0.05) is 5.56 Å². The monoisotopic (exact) mass is 387 g/mol. The average molecular weight is 387 g/mol. The van der Waals surface area contributed by atoms with Crippen LogP contribution in [0.5, 0.6) is 0 Å². The highest BCUT2D eigenvalue weighted by molar-refractivity contribution is 5.66. The second-order valence-corrected chi connectivity index (χ2v) is 5.76. The van der Waals surface area contributed by atoms with Crippen molar-refractivity contribution in [3.05, 3.63) is 71.6 Å². The van der Waals surface area contributed by atoms with Crippen LogP contribution in [0.1, 0.15) is 17.0 Å². The number of anilines is 1. The molecule has 0 saturated heterocycles. The van der Waals surface area contributed by atoms with Crippen LogP contribution in [-0.2, 0) is 18.9 Å². The van der Waals surface area contributed by atoms with Crippen LogP contribution in [0.25, 0.3) is 11.3 Å². The molecule has 0 unspecified atom stereocenters. The molecule has 0 spiro atoms. The molecule has 0 radical (unpaired) electrons. The third-order valence-electron chi connectivity index (χ3n) is 3.87. The van der Waals surface area contributed by atoms with Gasteiger partial charge < -0.3 is 10.2 Å². The number of nitrogen functional groups attached to an aromatic ring is 1. The van der Waals surface area contributed by atoms with Crippen molar-refractivity contribution in [2.45, 2.75) is 18.9 Å². The van der Waals surface area contributed by atoms with E-state index in [-0.39, 0.29) is 17.8 Å². The van der Waals surface area contributed by atoms with Crippen LogP contribution in [0.4, 0.5) is 32.2 Å². The number of rotatable bonds is 3. The zero-order valence-electron chi connectivity index (χ0n) is 13.6. The second-order valence-electron chi connectivity index (χ2n) is 5.76. The highest BCUT2D eigenvalue weighted by Crippen LogP contribution is 2.35. The fraction of sp³-hybridized carbons (Fsp3) is 0.167. The van der Waals surface area contributed by atoms with E-state index >= 15 is 0 Å². The summed E-state index contributed by atoms with van der Waals surface area (Å²) in [4.78, 5) is 0. The van der Waals surface area contributed by atoms with Crippen LogP contribution in [0.3, 0.4) is 0 Å². The van der Waals surface area contributed by atoms with Gasteiger partial charge in [-0.1, -0.05) is 30.3 Å². The Morgan fingerprint density at radius 2 is 1.41 bits per heavy atom. The Kier molecular flexibility index (Phi) is 4.63. The maximum Gasteiger partial charge on any atom is 0.517 e. The van der Waals surface area contributed by atoms with E-state index in [4.69, 9.17) is 10.2 Å². The quantitative estimate of drug-likeness (QED) is 0.513. The van der Waals surface area contributed by atoms with E-state index in [0.717, 1.165) is 28.8 Å². The number of alkyl halides is 6. The first-order chi connectivity index (χ1) is 12.6. The fourth-order valence-corrected chi connectivity index (χ4v) is 2.69. The minimum Gasteiger partial charge on any atom is -0.378 e. The summed E-state index contributed by atoms with van der Waals surface area (Å²) in [6.07, 6.45) is -9.38. The summed E-state index contributed by atoms with van der Waals surface area (Å²) in [6, 6.07) is 11.9. The molecule has 2 N–H and O–H groups in total. The molecule has 2 aromatic carbocycles. The summed E-state index contributed by atoms with van der Waals surface area (Å²) in [5.74, 6) is -1.86. The first kappa shape index (κ1) is 18.8. The molecule has 0 atom stereocenters. The molecule has 0 fully saturated rings. The molecule has 142 valence electrons. The van der Waals surface area contributed by atoms with Crippen LogP contribution < -0.4 is 10.3 Å². The normalized spacial score (nSPS) is 12.4. The van der Waals surface area contributed by atoms with Gasteiger partial charge in [0.1, 0.15) is 0 Å². The number of hydrogen-bond acceptors (Lipinski definition) is 2. The van der Waals surface area contributed by atoms with Gasteiger partial charge in [-0.15, -0.1) is 4.57 Å². The predicted octanol–water partition coefficient (Wildman–Crippen LogP) is 4.90. The SMILES string of the molecule is Nc1oc(C(F)(F)F)[n+](Cc2ccccc2)c1-c1ccc(C(F)(F)F)cc1. The van der Waals surface area contributed by atoms with Crippen molar-refractivity contribution >= 4 is 5.88 Å². The molecule has 1 aromatic heterocycles. The smallest absolute Gasteiger partial charge is 0.378 e. The second kappa shape index (κ2) is 6.64. The van der Waals surface area contributed by atoms with Gasteiger partial charge in [-0.05, 0) is 24.3 Å². The lowest BCUT2D eigenvalue weighted by atomic mass is 10.1. The Morgan fingerprint density at radius 3 is 1.93 bits per heavy atom. The highest BCUT2D eigenvalue weighted by atomic mass is 19.4. The van der Waals surface area contributed by atoms with Crippen molar-refractivity contribution in [1.29, 1.82) is 0 Å². The number of benzene rings is 2. The first-order valence-electron chi connectivity index (χ1n) is 7.68. The fourth-order valence-electron chi connectivity index (χ4n) is 2.69. The van der Waals surface area contributed by atoms with E-state index in [9.17, 15) is 26.3 Å². The summed E-state index contributed by atoms with van der Waals surface area (Å²) in [6.45, 7) is -0.216. The van der Waals surface area contributed by atoms with Crippen LogP contribution in [0, 0.1) is 0 Å². The van der Waals surface area contributed by atoms with E-state index in [1.54, 1.807) is 30.3 Å². The van der Waals surface area contributed by atoms with Gasteiger partial charge in [-0.25, -0.2) is 0 Å². The first-order valence-corrected chi connectivity index (χ1v) is 7.68. The van der Waals surface area contributed by atoms with Crippen molar-refractivity contribution in [3.8, 4) is 11.3 Å². The van der Waals surface area contributed by atoms with Crippen LogP contribution in [0.2, 0.25) is 0 Å². The lowest BCUT2D eigenvalue weighted by Gasteiger charge is -2.07. The molecule has 1 heterocycles. The van der Waals surface area contributed by atoms with E-state index in [0.29, 0.717) is 5.56 Å². The highest BCUT2D eigenvalue weighted by Gasteiger charge is 2.49. The van der Waals surface area contributed by atoms with Gasteiger partial charge >= 0.3 is 18.2 Å². The zero-order chi connectivity index (χ0) is 19.8. The molecule has 0 aliphatic carbocycles. The molecule has 3 rings (SSSR count). The molecule has 9 heteroatoms. The van der Waals surface area contributed by atoms with Crippen molar-refractivity contribution in [3.63, 3.8) is 0 Å². The molecule has 3 aromatic rings. The third kappa shape index (κ3) is 3.91. The molecule has 0 saturated carbocycles. The van der Waals surface area contributed by atoms with E-state index in [2.05, 4.69) is 0 Å². The van der Waals surface area contributed by atoms with Gasteiger partial charge in [-0.2, -0.15) is 26.3 Å². The van der Waals surface area contributed by atoms with Crippen LogP contribution >= 0.6 is 0 Å². The van der Waals surface area contributed by atoms with Crippen LogP contribution in [0.15, 0.2) is 59.0 Å². The van der Waals surface area contributed by atoms with Gasteiger partial charge in [0.15, 0.2) is 6.54 Å². The van der Waals surface area contributed by atoms with Gasteiger partial charge in [0.2, 0.25) is 0 Å². The maximum absolute atomic E-state index is 13.4. The molecule has 0 aliphatic rings. The standard InChI is InChI=1S/C18H13F6N2O/c19-17(20,21)13-8-6-12(7-9-13)14-15(25)27-16(18(22,23)24)26(14)10-11-4-2-1-3-5-11/h1-9H,10,25H2/q+1. The Morgan fingerprint density at radius 1 is 0.815 bits per heavy atom. The molecule has 27 heavy (non-hydrogen) atoms. The molecule has 3 nitrogen and oxygen atoms in total. The Hall–Kier alpha value is -2.97. The summed E-state index contributed by atoms with van der Waals surface area (Å²) in [7, 11) is 0. The Balaban J connectivity index is 2.13.